The average molecular weight is 519 g/mol. The molecule has 2 saturated heterocycles. The first-order chi connectivity index (χ1) is 12.8. The molecule has 0 aromatic heterocycles. The number of nitrogens with one attached hydrogen (secondary N) is 1. The highest BCUT2D eigenvalue weighted by Gasteiger charge is 2.30. The molecule has 2 atom stereocenters. The van der Waals surface area contributed by atoms with Crippen LogP contribution in [-0.2, 0) is 9.84 Å². The fourth-order valence-electron chi connectivity index (χ4n) is 4.06. The Morgan fingerprint density at radius 3 is 2.68 bits per heavy atom. The Hall–Kier alpha value is -0.830. The lowest BCUT2D eigenvalue weighted by molar-refractivity contribution is 0.466. The van der Waals surface area contributed by atoms with Crippen LogP contribution in [0.1, 0.15) is 43.7 Å². The Bertz CT molecular complexity index is 780. The lowest BCUT2D eigenvalue weighted by Gasteiger charge is -2.24. The minimum atomic E-state index is -2.83. The van der Waals surface area contributed by atoms with Crippen molar-refractivity contribution in [1.29, 1.82) is 0 Å². The molecule has 7 heteroatoms. The Morgan fingerprint density at radius 2 is 2.04 bits per heavy atom. The molecule has 3 rings (SSSR count). The highest BCUT2D eigenvalue weighted by atomic mass is 127. The van der Waals surface area contributed by atoms with Gasteiger partial charge in [-0.05, 0) is 42.7 Å². The van der Waals surface area contributed by atoms with Crippen LogP contribution in [-0.4, -0.2) is 57.0 Å². The predicted octanol–water partition coefficient (Wildman–Crippen LogP) is 3.44. The van der Waals surface area contributed by atoms with Crippen LogP contribution in [0.4, 0.5) is 0 Å². The zero-order chi connectivity index (χ0) is 19.4. The summed E-state index contributed by atoms with van der Waals surface area (Å²) in [7, 11) is -2.83. The van der Waals surface area contributed by atoms with Crippen molar-refractivity contribution in [1.82, 2.24) is 10.2 Å². The van der Waals surface area contributed by atoms with Gasteiger partial charge < -0.3 is 10.2 Å². The number of benzene rings is 1. The van der Waals surface area contributed by atoms with Gasteiger partial charge in [0.1, 0.15) is 0 Å². The third kappa shape index (κ3) is 6.34. The minimum Gasteiger partial charge on any atom is -0.356 e. The second-order valence-corrected chi connectivity index (χ2v) is 10.7. The fraction of sp³-hybridized carbons (Fsp3) is 0.667. The molecule has 2 aliphatic heterocycles. The number of likely N-dealkylation sites (tertiary alicyclic amines) is 1. The molecule has 2 fully saturated rings. The maximum Gasteiger partial charge on any atom is 0.193 e. The van der Waals surface area contributed by atoms with E-state index in [0.29, 0.717) is 29.9 Å². The zero-order valence-electron chi connectivity index (χ0n) is 17.2. The summed E-state index contributed by atoms with van der Waals surface area (Å²) in [5.74, 6) is 2.82. The summed E-state index contributed by atoms with van der Waals surface area (Å²) in [5.41, 5.74) is 2.79. The van der Waals surface area contributed by atoms with Crippen LogP contribution in [0.5, 0.6) is 0 Å². The van der Waals surface area contributed by atoms with E-state index < -0.39 is 9.84 Å². The van der Waals surface area contributed by atoms with Gasteiger partial charge in [-0.15, -0.1) is 24.0 Å². The van der Waals surface area contributed by atoms with E-state index in [1.807, 2.05) is 0 Å². The largest absolute Gasteiger partial charge is 0.356 e. The molecule has 158 valence electrons. The summed E-state index contributed by atoms with van der Waals surface area (Å²) in [6, 6.07) is 8.64. The van der Waals surface area contributed by atoms with Crippen molar-refractivity contribution in [3.05, 3.63) is 35.4 Å². The normalized spacial score (nSPS) is 24.4. The Kier molecular flexibility index (Phi) is 8.60. The number of guanidine groups is 1. The van der Waals surface area contributed by atoms with E-state index in [1.54, 1.807) is 0 Å². The van der Waals surface area contributed by atoms with Gasteiger partial charge in [-0.3, -0.25) is 4.99 Å². The minimum absolute atomic E-state index is 0. The quantitative estimate of drug-likeness (QED) is 0.368. The van der Waals surface area contributed by atoms with Gasteiger partial charge >= 0.3 is 0 Å². The van der Waals surface area contributed by atoms with Crippen molar-refractivity contribution in [2.24, 2.45) is 16.8 Å². The molecule has 2 aliphatic rings. The van der Waals surface area contributed by atoms with Crippen molar-refractivity contribution in [3.8, 4) is 0 Å². The molecule has 0 radical (unpaired) electrons. The van der Waals surface area contributed by atoms with Crippen LogP contribution in [0, 0.1) is 18.8 Å². The maximum atomic E-state index is 11.7. The second-order valence-electron chi connectivity index (χ2n) is 8.50. The number of hydrogen-bond donors (Lipinski definition) is 1. The van der Waals surface area contributed by atoms with E-state index in [4.69, 9.17) is 4.99 Å². The molecular formula is C21H34IN3O2S. The van der Waals surface area contributed by atoms with Crippen molar-refractivity contribution in [2.45, 2.75) is 39.5 Å². The average Bonchev–Trinajstić information content (AvgIpc) is 3.22. The summed E-state index contributed by atoms with van der Waals surface area (Å²) in [4.78, 5) is 7.19. The van der Waals surface area contributed by atoms with Crippen LogP contribution >= 0.6 is 24.0 Å². The predicted molar refractivity (Wildman–Crippen MR) is 127 cm³/mol. The summed E-state index contributed by atoms with van der Waals surface area (Å²) in [5, 5.41) is 3.49. The summed E-state index contributed by atoms with van der Waals surface area (Å²) in [6.07, 6.45) is 1.89. The van der Waals surface area contributed by atoms with Crippen LogP contribution in [0.3, 0.4) is 0 Å². The van der Waals surface area contributed by atoms with Gasteiger partial charge in [0.15, 0.2) is 15.8 Å². The molecule has 0 spiro atoms. The molecule has 1 N–H and O–H groups in total. The number of hydrogen-bond acceptors (Lipinski definition) is 3. The van der Waals surface area contributed by atoms with Crippen molar-refractivity contribution >= 4 is 39.8 Å². The first-order valence-corrected chi connectivity index (χ1v) is 12.0. The number of rotatable bonds is 5. The first kappa shape index (κ1) is 23.4. The smallest absolute Gasteiger partial charge is 0.193 e. The lowest BCUT2D eigenvalue weighted by atomic mass is 9.94. The second kappa shape index (κ2) is 10.3. The van der Waals surface area contributed by atoms with Gasteiger partial charge in [0.2, 0.25) is 0 Å². The number of halogens is 1. The van der Waals surface area contributed by atoms with Gasteiger partial charge in [0.25, 0.3) is 0 Å². The van der Waals surface area contributed by atoms with Gasteiger partial charge in [-0.25, -0.2) is 8.42 Å². The molecule has 2 unspecified atom stereocenters. The molecule has 0 aliphatic carbocycles. The van der Waals surface area contributed by atoms with E-state index >= 15 is 0 Å². The Labute approximate surface area is 187 Å². The number of nitrogens with zero attached hydrogens (tertiary/aromatic N) is 2. The Morgan fingerprint density at radius 1 is 1.29 bits per heavy atom. The fourth-order valence-corrected chi connectivity index (χ4v) is 5.92. The van der Waals surface area contributed by atoms with Gasteiger partial charge in [-0.2, -0.15) is 0 Å². The van der Waals surface area contributed by atoms with Gasteiger partial charge in [0.05, 0.1) is 11.5 Å². The van der Waals surface area contributed by atoms with Crippen LogP contribution < -0.4 is 5.32 Å². The van der Waals surface area contributed by atoms with E-state index in [-0.39, 0.29) is 29.9 Å². The van der Waals surface area contributed by atoms with E-state index in [9.17, 15) is 8.42 Å². The highest BCUT2D eigenvalue weighted by molar-refractivity contribution is 14.0. The van der Waals surface area contributed by atoms with Crippen molar-refractivity contribution in [3.63, 3.8) is 0 Å². The molecule has 5 nitrogen and oxygen atoms in total. The Balaban J connectivity index is 0.00000280. The number of sulfone groups is 1. The lowest BCUT2D eigenvalue weighted by Crippen LogP contribution is -2.42. The number of aliphatic imine (C=N–C) groups is 1. The molecule has 2 heterocycles. The summed E-state index contributed by atoms with van der Waals surface area (Å²) >= 11 is 0. The summed E-state index contributed by atoms with van der Waals surface area (Å²) in [6.45, 7) is 9.97. The van der Waals surface area contributed by atoms with Crippen LogP contribution in [0.15, 0.2) is 29.3 Å². The van der Waals surface area contributed by atoms with Crippen molar-refractivity contribution < 1.29 is 8.42 Å². The maximum absolute atomic E-state index is 11.7. The molecule has 1 aromatic rings. The number of aryl methyl sites for hydroxylation is 1. The molecule has 1 aromatic carbocycles. The van der Waals surface area contributed by atoms with Crippen molar-refractivity contribution in [2.75, 3.05) is 37.7 Å². The van der Waals surface area contributed by atoms with Gasteiger partial charge in [-0.1, -0.05) is 38.1 Å². The van der Waals surface area contributed by atoms with E-state index in [0.717, 1.165) is 38.4 Å². The van der Waals surface area contributed by atoms with Crippen LogP contribution in [0.2, 0.25) is 0 Å². The third-order valence-corrected chi connectivity index (χ3v) is 7.43. The molecule has 0 saturated carbocycles. The highest BCUT2D eigenvalue weighted by Crippen LogP contribution is 2.29. The standard InChI is InChI=1S/C21H33N3O2S.HI/c1-16(2)12-22-21(23-13-18-9-11-27(25,26)15-18)24-10-8-19(14-24)20-7-5-4-6-17(20)3;/h4-7,16,18-19H,8-15H2,1-3H3,(H,22,23);1H. The molecule has 0 amide bonds. The van der Waals surface area contributed by atoms with E-state index in [1.165, 1.54) is 11.1 Å². The van der Waals surface area contributed by atoms with Crippen LogP contribution in [0.25, 0.3) is 0 Å². The van der Waals surface area contributed by atoms with Gasteiger partial charge in [0, 0.05) is 32.1 Å². The molecule has 28 heavy (non-hydrogen) atoms. The zero-order valence-corrected chi connectivity index (χ0v) is 20.4. The molecular weight excluding hydrogens is 485 g/mol. The van der Waals surface area contributed by atoms with E-state index in [2.05, 4.69) is 55.3 Å². The molecule has 0 bridgehead atoms. The summed E-state index contributed by atoms with van der Waals surface area (Å²) < 4.78 is 23.4. The SMILES string of the molecule is Cc1ccccc1C1CCN(C(=NCC(C)C)NCC2CCS(=O)(=O)C2)C1.I. The monoisotopic (exact) mass is 519 g/mol. The first-order valence-electron chi connectivity index (χ1n) is 10.1. The third-order valence-electron chi connectivity index (χ3n) is 5.60. The topological polar surface area (TPSA) is 61.8 Å².